The molecular formula is C26H32N4O2. The molecule has 3 aromatic rings. The molecule has 1 aliphatic heterocycles. The maximum Gasteiger partial charge on any atom is 0.277 e. The summed E-state index contributed by atoms with van der Waals surface area (Å²) in [5, 5.41) is 3.00. The molecule has 0 spiro atoms. The number of hydrogen-bond donors (Lipinski definition) is 1. The minimum atomic E-state index is -0.100. The van der Waals surface area contributed by atoms with Crippen molar-refractivity contribution in [3.63, 3.8) is 0 Å². The van der Waals surface area contributed by atoms with Crippen molar-refractivity contribution in [3.05, 3.63) is 64.4 Å². The smallest absolute Gasteiger partial charge is 0.277 e. The van der Waals surface area contributed by atoms with Crippen molar-refractivity contribution < 1.29 is 4.79 Å². The van der Waals surface area contributed by atoms with Crippen LogP contribution in [0, 0.1) is 5.92 Å². The summed E-state index contributed by atoms with van der Waals surface area (Å²) in [5.74, 6) is 0.254. The quantitative estimate of drug-likeness (QED) is 0.548. The van der Waals surface area contributed by atoms with Gasteiger partial charge in [-0.15, -0.1) is 0 Å². The van der Waals surface area contributed by atoms with Crippen LogP contribution >= 0.6 is 0 Å². The molecule has 0 saturated carbocycles. The second-order valence-corrected chi connectivity index (χ2v) is 8.99. The predicted molar refractivity (Wildman–Crippen MR) is 129 cm³/mol. The van der Waals surface area contributed by atoms with Crippen LogP contribution in [-0.4, -0.2) is 46.5 Å². The summed E-state index contributed by atoms with van der Waals surface area (Å²) >= 11 is 0. The van der Waals surface area contributed by atoms with Crippen LogP contribution < -0.4 is 10.9 Å². The Kier molecular flexibility index (Phi) is 7.00. The van der Waals surface area contributed by atoms with Gasteiger partial charge in [0.2, 0.25) is 0 Å². The zero-order valence-corrected chi connectivity index (χ0v) is 19.0. The zero-order chi connectivity index (χ0) is 22.5. The topological polar surface area (TPSA) is 67.2 Å². The molecule has 0 unspecified atom stereocenters. The van der Waals surface area contributed by atoms with Gasteiger partial charge in [0.1, 0.15) is 5.69 Å². The highest BCUT2D eigenvalue weighted by molar-refractivity contribution is 5.94. The van der Waals surface area contributed by atoms with Crippen LogP contribution in [0.4, 0.5) is 0 Å². The van der Waals surface area contributed by atoms with E-state index >= 15 is 0 Å². The van der Waals surface area contributed by atoms with Gasteiger partial charge in [0.15, 0.2) is 0 Å². The van der Waals surface area contributed by atoms with Crippen LogP contribution in [0.25, 0.3) is 22.3 Å². The minimum Gasteiger partial charge on any atom is -0.352 e. The summed E-state index contributed by atoms with van der Waals surface area (Å²) in [6.07, 6.45) is 3.53. The van der Waals surface area contributed by atoms with E-state index < -0.39 is 0 Å². The SMILES string of the molecule is CC(C)Cn1c(=O)c(-c2ccc(C(=O)NCCCN3CCCC3)cc2)nc2ccccc21. The third kappa shape index (κ3) is 5.07. The van der Waals surface area contributed by atoms with E-state index in [1.54, 1.807) is 12.1 Å². The number of nitrogens with zero attached hydrogens (tertiary/aromatic N) is 3. The first-order valence-electron chi connectivity index (χ1n) is 11.6. The van der Waals surface area contributed by atoms with Crippen molar-refractivity contribution >= 4 is 16.9 Å². The Bertz CT molecular complexity index is 1130. The fourth-order valence-electron chi connectivity index (χ4n) is 4.32. The van der Waals surface area contributed by atoms with Crippen LogP contribution in [0.1, 0.15) is 43.5 Å². The molecule has 2 heterocycles. The Labute approximate surface area is 189 Å². The molecule has 32 heavy (non-hydrogen) atoms. The van der Waals surface area contributed by atoms with Crippen LogP contribution in [0.3, 0.4) is 0 Å². The van der Waals surface area contributed by atoms with Crippen molar-refractivity contribution in [3.8, 4) is 11.3 Å². The monoisotopic (exact) mass is 432 g/mol. The van der Waals surface area contributed by atoms with E-state index in [9.17, 15) is 9.59 Å². The number of likely N-dealkylation sites (tertiary alicyclic amines) is 1. The van der Waals surface area contributed by atoms with Crippen LogP contribution in [0.5, 0.6) is 0 Å². The summed E-state index contributed by atoms with van der Waals surface area (Å²) in [7, 11) is 0. The van der Waals surface area contributed by atoms with Gasteiger partial charge >= 0.3 is 0 Å². The van der Waals surface area contributed by atoms with Gasteiger partial charge in [-0.25, -0.2) is 4.98 Å². The normalized spacial score (nSPS) is 14.3. The first-order chi connectivity index (χ1) is 15.5. The summed E-state index contributed by atoms with van der Waals surface area (Å²) in [6, 6.07) is 14.9. The predicted octanol–water partition coefficient (Wildman–Crippen LogP) is 3.94. The maximum absolute atomic E-state index is 13.2. The van der Waals surface area contributed by atoms with Crippen molar-refractivity contribution in [1.82, 2.24) is 19.8 Å². The molecule has 6 heteroatoms. The summed E-state index contributed by atoms with van der Waals surface area (Å²) in [5.41, 5.74) is 3.28. The molecule has 0 bridgehead atoms. The Hall–Kier alpha value is -2.99. The number of aromatic nitrogens is 2. The molecule has 168 valence electrons. The lowest BCUT2D eigenvalue weighted by atomic mass is 10.1. The molecule has 0 aliphatic carbocycles. The van der Waals surface area contributed by atoms with Gasteiger partial charge in [0, 0.05) is 24.2 Å². The number of nitrogens with one attached hydrogen (secondary N) is 1. The van der Waals surface area contributed by atoms with Gasteiger partial charge in [0.05, 0.1) is 11.0 Å². The molecular weight excluding hydrogens is 400 g/mol. The van der Waals surface area contributed by atoms with E-state index in [4.69, 9.17) is 0 Å². The lowest BCUT2D eigenvalue weighted by molar-refractivity contribution is 0.0952. The standard InChI is InChI=1S/C26H32N4O2/c1-19(2)18-30-23-9-4-3-8-22(23)28-24(26(30)32)20-10-12-21(13-11-20)25(31)27-14-7-17-29-15-5-6-16-29/h3-4,8-13,19H,5-7,14-18H2,1-2H3,(H,27,31). The van der Waals surface area contributed by atoms with Gasteiger partial charge in [0.25, 0.3) is 11.5 Å². The molecule has 1 aliphatic rings. The van der Waals surface area contributed by atoms with E-state index in [1.165, 1.54) is 25.9 Å². The molecule has 1 N–H and O–H groups in total. The van der Waals surface area contributed by atoms with E-state index in [0.29, 0.717) is 30.3 Å². The number of carbonyl (C=O) groups is 1. The number of benzene rings is 2. The molecule has 1 saturated heterocycles. The summed E-state index contributed by atoms with van der Waals surface area (Å²) < 4.78 is 1.81. The Morgan fingerprint density at radius 1 is 1.06 bits per heavy atom. The lowest BCUT2D eigenvalue weighted by Gasteiger charge is -2.15. The highest BCUT2D eigenvalue weighted by Crippen LogP contribution is 2.19. The largest absolute Gasteiger partial charge is 0.352 e. The van der Waals surface area contributed by atoms with Crippen molar-refractivity contribution in [2.45, 2.75) is 39.7 Å². The van der Waals surface area contributed by atoms with Crippen LogP contribution in [0.15, 0.2) is 53.3 Å². The molecule has 4 rings (SSSR count). The second kappa shape index (κ2) is 10.1. The molecule has 1 aromatic heterocycles. The maximum atomic E-state index is 13.2. The second-order valence-electron chi connectivity index (χ2n) is 8.99. The molecule has 0 atom stereocenters. The van der Waals surface area contributed by atoms with Crippen molar-refractivity contribution in [2.75, 3.05) is 26.2 Å². The van der Waals surface area contributed by atoms with Gasteiger partial charge in [-0.05, 0) is 69.1 Å². The molecule has 1 amide bonds. The van der Waals surface area contributed by atoms with Gasteiger partial charge in [-0.3, -0.25) is 9.59 Å². The number of para-hydroxylation sites is 2. The van der Waals surface area contributed by atoms with Gasteiger partial charge in [-0.2, -0.15) is 0 Å². The number of carbonyl (C=O) groups excluding carboxylic acids is 1. The minimum absolute atomic E-state index is 0.0818. The van der Waals surface area contributed by atoms with Gasteiger partial charge in [-0.1, -0.05) is 38.1 Å². The lowest BCUT2D eigenvalue weighted by Crippen LogP contribution is -2.28. The first kappa shape index (κ1) is 22.2. The van der Waals surface area contributed by atoms with Crippen LogP contribution in [-0.2, 0) is 6.54 Å². The number of hydrogen-bond acceptors (Lipinski definition) is 4. The average molecular weight is 433 g/mol. The third-order valence-electron chi connectivity index (χ3n) is 5.96. The molecule has 2 aromatic carbocycles. The van der Waals surface area contributed by atoms with Crippen molar-refractivity contribution in [1.29, 1.82) is 0 Å². The van der Waals surface area contributed by atoms with E-state index in [0.717, 1.165) is 29.6 Å². The summed E-state index contributed by atoms with van der Waals surface area (Å²) in [4.78, 5) is 32.8. The fourth-order valence-corrected chi connectivity index (χ4v) is 4.32. The average Bonchev–Trinajstić information content (AvgIpc) is 3.32. The Morgan fingerprint density at radius 2 is 1.78 bits per heavy atom. The van der Waals surface area contributed by atoms with Gasteiger partial charge < -0.3 is 14.8 Å². The Balaban J connectivity index is 1.49. The van der Waals surface area contributed by atoms with Crippen molar-refractivity contribution in [2.24, 2.45) is 5.92 Å². The number of fused-ring (bicyclic) bond motifs is 1. The van der Waals surface area contributed by atoms with Crippen LogP contribution in [0.2, 0.25) is 0 Å². The summed E-state index contributed by atoms with van der Waals surface area (Å²) in [6.45, 7) is 8.89. The fraction of sp³-hybridized carbons (Fsp3) is 0.423. The first-order valence-corrected chi connectivity index (χ1v) is 11.6. The van der Waals surface area contributed by atoms with E-state index in [-0.39, 0.29) is 11.5 Å². The molecule has 6 nitrogen and oxygen atoms in total. The van der Waals surface area contributed by atoms with E-state index in [2.05, 4.69) is 29.0 Å². The molecule has 0 radical (unpaired) electrons. The highest BCUT2D eigenvalue weighted by Gasteiger charge is 2.15. The zero-order valence-electron chi connectivity index (χ0n) is 19.0. The van der Waals surface area contributed by atoms with E-state index in [1.807, 2.05) is 41.0 Å². The number of amides is 1. The highest BCUT2D eigenvalue weighted by atomic mass is 16.1. The third-order valence-corrected chi connectivity index (χ3v) is 5.96. The Morgan fingerprint density at radius 3 is 2.50 bits per heavy atom. The number of rotatable bonds is 8. The molecule has 1 fully saturated rings.